The molecule has 53 valence electrons. The van der Waals surface area contributed by atoms with Crippen molar-refractivity contribution in [2.75, 3.05) is 6.79 Å². The van der Waals surface area contributed by atoms with Crippen LogP contribution in [0.3, 0.4) is 0 Å². The Morgan fingerprint density at radius 2 is 1.89 bits per heavy atom. The number of rotatable bonds is 2. The van der Waals surface area contributed by atoms with Crippen molar-refractivity contribution in [1.82, 2.24) is 0 Å². The van der Waals surface area contributed by atoms with Gasteiger partial charge in [-0.05, 0) is 0 Å². The van der Waals surface area contributed by atoms with E-state index in [1.54, 1.807) is 0 Å². The van der Waals surface area contributed by atoms with Crippen LogP contribution in [-0.4, -0.2) is 28.6 Å². The van der Waals surface area contributed by atoms with Gasteiger partial charge in [0.25, 0.3) is 0 Å². The van der Waals surface area contributed by atoms with Gasteiger partial charge in [-0.15, -0.1) is 6.79 Å². The molecule has 0 unspecified atom stereocenters. The Kier molecular flexibility index (Phi) is 42.7. The largest absolute Gasteiger partial charge is 0.634 e. The zero-order valence-electron chi connectivity index (χ0n) is 4.52. The number of ether oxygens (including phenoxy) is 1. The van der Waals surface area contributed by atoms with Crippen molar-refractivity contribution in [2.45, 2.75) is 0 Å². The van der Waals surface area contributed by atoms with Gasteiger partial charge in [-0.3, -0.25) is 0 Å². The van der Waals surface area contributed by atoms with Gasteiger partial charge in [0.1, 0.15) is 0 Å². The zero-order chi connectivity index (χ0) is 6.83. The number of hydrogen-bond donors (Lipinski definition) is 3. The van der Waals surface area contributed by atoms with E-state index in [1.807, 2.05) is 0 Å². The van der Waals surface area contributed by atoms with E-state index in [0.717, 1.165) is 6.47 Å². The maximum Gasteiger partial charge on any atom is 0.152 e. The van der Waals surface area contributed by atoms with Crippen molar-refractivity contribution < 1.29 is 57.2 Å². The summed E-state index contributed by atoms with van der Waals surface area (Å²) >= 11 is 0. The van der Waals surface area contributed by atoms with Crippen LogP contribution >= 0.6 is 0 Å². The maximum atomic E-state index is 8.90. The molecule has 9 heavy (non-hydrogen) atoms. The van der Waals surface area contributed by atoms with Crippen molar-refractivity contribution in [1.29, 1.82) is 0 Å². The van der Waals surface area contributed by atoms with Gasteiger partial charge in [0.2, 0.25) is 0 Å². The van der Waals surface area contributed by atoms with E-state index in [1.165, 1.54) is 0 Å². The molecule has 0 fully saturated rings. The Morgan fingerprint density at radius 1 is 1.56 bits per heavy atom. The molecule has 0 heterocycles. The van der Waals surface area contributed by atoms with Crippen LogP contribution in [0, 0.1) is 39.1 Å². The average Bonchev–Trinajstić information content (AvgIpc) is 1.71. The summed E-state index contributed by atoms with van der Waals surface area (Å²) in [5.41, 5.74) is 0. The first-order chi connectivity index (χ1) is 3.83. The molecule has 0 aromatic heterocycles. The number of hydrogen-bond acceptors (Lipinski definition) is 5. The standard InChI is InChI=1S/C2H3O3.CH3O2.Pa/c3-1-5-2-4;2-1-3;/h3H,1H2;1-3H;/q2*-1;. The Balaban J connectivity index is -0.0000000800. The third-order valence-corrected chi connectivity index (χ3v) is 0.123. The molecule has 0 rings (SSSR count). The predicted molar refractivity (Wildman–Crippen MR) is 22.0 cm³/mol. The first-order valence-electron chi connectivity index (χ1n) is 1.53. The van der Waals surface area contributed by atoms with Crippen LogP contribution < -0.4 is 0 Å². The van der Waals surface area contributed by atoms with Crippen LogP contribution in [0.2, 0.25) is 0 Å². The predicted octanol–water partition coefficient (Wildman–Crippen LogP) is -1.13. The summed E-state index contributed by atoms with van der Waals surface area (Å²) in [5.74, 6) is 0. The monoisotopic (exact) mass is 353 g/mol. The molecule has 6 heteroatoms. The molecule has 0 aromatic rings. The first kappa shape index (κ1) is 16.2. The molecule has 1 radical (unpaired) electrons. The Hall–Kier alpha value is 0.441. The summed E-state index contributed by atoms with van der Waals surface area (Å²) in [6.07, 6.45) is 0. The average molecular weight is 353 g/mol. The van der Waals surface area contributed by atoms with Crippen molar-refractivity contribution in [2.24, 2.45) is 0 Å². The van der Waals surface area contributed by atoms with Gasteiger partial charge in [0.05, 0.1) is 0 Å². The van der Waals surface area contributed by atoms with Crippen molar-refractivity contribution in [3.63, 3.8) is 0 Å². The van der Waals surface area contributed by atoms with Crippen molar-refractivity contribution >= 4 is 6.47 Å². The molecule has 0 aliphatic heterocycles. The fourth-order valence-corrected chi connectivity index (χ4v) is 0.0264. The molecule has 5 nitrogen and oxygen atoms in total. The van der Waals surface area contributed by atoms with Crippen LogP contribution in [0.5, 0.6) is 0 Å². The normalized spacial score (nSPS) is 5.67. The Morgan fingerprint density at radius 3 is 1.89 bits per heavy atom. The van der Waals surface area contributed by atoms with Crippen LogP contribution in [0.1, 0.15) is 0 Å². The van der Waals surface area contributed by atoms with E-state index in [-0.39, 0.29) is 39.1 Å². The maximum absolute atomic E-state index is 8.90. The third-order valence-electron chi connectivity index (χ3n) is 0.123. The van der Waals surface area contributed by atoms with Crippen molar-refractivity contribution in [3.8, 4) is 0 Å². The fraction of sp³-hybridized carbons (Fsp3) is 0.333. The minimum Gasteiger partial charge on any atom is -0.634 e. The Labute approximate surface area is 77.1 Å². The van der Waals surface area contributed by atoms with Crippen LogP contribution in [0.4, 0.5) is 0 Å². The molecule has 0 saturated heterocycles. The van der Waals surface area contributed by atoms with Gasteiger partial charge in [0, 0.05) is 32.3 Å². The van der Waals surface area contributed by atoms with Gasteiger partial charge in [0.15, 0.2) is 6.79 Å². The van der Waals surface area contributed by atoms with E-state index in [2.05, 4.69) is 4.74 Å². The molecule has 0 aliphatic carbocycles. The fourth-order valence-electron chi connectivity index (χ4n) is 0.0264. The first-order valence-corrected chi connectivity index (χ1v) is 1.53. The minimum atomic E-state index is -0.580. The molecule has 0 saturated carbocycles. The summed E-state index contributed by atoms with van der Waals surface area (Å²) in [7, 11) is 0. The zero-order valence-corrected chi connectivity index (χ0v) is 9.33. The van der Waals surface area contributed by atoms with Gasteiger partial charge in [-0.25, -0.2) is 0 Å². The SMILES string of the molecule is O=[C-]OCO.O[CH-]O.[Pa]. The molecule has 0 aliphatic rings. The van der Waals surface area contributed by atoms with E-state index in [0.29, 0.717) is 0 Å². The number of carbonyl (C=O) groups excluding carboxylic acids is 1. The number of aliphatic hydroxyl groups excluding tert-OH is 2. The smallest absolute Gasteiger partial charge is 0.152 e. The molecule has 0 amide bonds. The summed E-state index contributed by atoms with van der Waals surface area (Å²) in [4.78, 5) is 8.90. The van der Waals surface area contributed by atoms with Gasteiger partial charge < -0.3 is 24.9 Å². The molecular formula is C3H6O5Pa-2. The van der Waals surface area contributed by atoms with E-state index in [9.17, 15) is 0 Å². The minimum absolute atomic E-state index is 0. The van der Waals surface area contributed by atoms with Crippen LogP contribution in [0.15, 0.2) is 0 Å². The number of aliphatic hydroxyl groups is 3. The summed E-state index contributed by atoms with van der Waals surface area (Å²) < 4.78 is 3.58. The quantitative estimate of drug-likeness (QED) is 0.432. The van der Waals surface area contributed by atoms with Gasteiger partial charge in [-0.1, -0.05) is 6.47 Å². The second-order valence-corrected chi connectivity index (χ2v) is 0.472. The van der Waals surface area contributed by atoms with Gasteiger partial charge >= 0.3 is 0 Å². The third kappa shape index (κ3) is 58.8. The van der Waals surface area contributed by atoms with Crippen LogP contribution in [-0.2, 0) is 9.53 Å². The Bertz CT molecular complexity index is 41.2. The summed E-state index contributed by atoms with van der Waals surface area (Å²) in [5, 5.41) is 21.6. The molecule has 0 atom stereocenters. The van der Waals surface area contributed by atoms with E-state index < -0.39 is 6.79 Å². The van der Waals surface area contributed by atoms with Crippen LogP contribution in [0.25, 0.3) is 0 Å². The van der Waals surface area contributed by atoms with Gasteiger partial charge in [-0.2, -0.15) is 0 Å². The van der Waals surface area contributed by atoms with E-state index in [4.69, 9.17) is 20.1 Å². The summed E-state index contributed by atoms with van der Waals surface area (Å²) in [6, 6.07) is 0. The molecule has 0 bridgehead atoms. The second-order valence-electron chi connectivity index (χ2n) is 0.472. The van der Waals surface area contributed by atoms with E-state index >= 15 is 0 Å². The van der Waals surface area contributed by atoms with Crippen molar-refractivity contribution in [3.05, 3.63) is 6.79 Å². The molecular weight excluding hydrogens is 347 g/mol. The molecule has 3 N–H and O–H groups in total. The summed E-state index contributed by atoms with van der Waals surface area (Å²) in [6.45, 7) is 0.438. The second kappa shape index (κ2) is 23.7. The topological polar surface area (TPSA) is 87.0 Å². The molecule has 0 spiro atoms. The molecule has 0 aromatic carbocycles.